The minimum atomic E-state index is -3.79. The quantitative estimate of drug-likeness (QED) is 0.779. The van der Waals surface area contributed by atoms with Crippen molar-refractivity contribution in [3.05, 3.63) is 18.2 Å². The summed E-state index contributed by atoms with van der Waals surface area (Å²) in [4.78, 5) is 12.8. The molecular formula is C20H30N2O5S. The average Bonchev–Trinajstić information content (AvgIpc) is 2.74. The van der Waals surface area contributed by atoms with Gasteiger partial charge in [-0.25, -0.2) is 8.42 Å². The number of ether oxygens (including phenoxy) is 2. The molecule has 7 nitrogen and oxygen atoms in total. The molecule has 8 heteroatoms. The Labute approximate surface area is 167 Å². The molecule has 156 valence electrons. The summed E-state index contributed by atoms with van der Waals surface area (Å²) in [6.45, 7) is 0.594. The lowest BCUT2D eigenvalue weighted by atomic mass is 9.93. The second-order valence-electron chi connectivity index (χ2n) is 7.56. The lowest BCUT2D eigenvalue weighted by Crippen LogP contribution is -2.47. The van der Waals surface area contributed by atoms with Crippen molar-refractivity contribution in [2.45, 2.75) is 55.9 Å². The highest BCUT2D eigenvalue weighted by molar-refractivity contribution is 7.89. The maximum atomic E-state index is 13.3. The van der Waals surface area contributed by atoms with Crippen LogP contribution in [-0.4, -0.2) is 52.0 Å². The zero-order valence-electron chi connectivity index (χ0n) is 16.6. The van der Waals surface area contributed by atoms with Crippen molar-refractivity contribution in [3.8, 4) is 11.5 Å². The Morgan fingerprint density at radius 1 is 1.07 bits per heavy atom. The van der Waals surface area contributed by atoms with Gasteiger partial charge in [0.25, 0.3) is 0 Å². The summed E-state index contributed by atoms with van der Waals surface area (Å²) in [5.41, 5.74) is 0. The molecule has 2 fully saturated rings. The smallest absolute Gasteiger partial charge is 0.246 e. The fourth-order valence-corrected chi connectivity index (χ4v) is 5.76. The molecular weight excluding hydrogens is 380 g/mol. The third kappa shape index (κ3) is 4.60. The van der Waals surface area contributed by atoms with E-state index in [0.717, 1.165) is 25.7 Å². The molecule has 1 unspecified atom stereocenters. The highest BCUT2D eigenvalue weighted by atomic mass is 32.2. The normalized spacial score (nSPS) is 21.9. The van der Waals surface area contributed by atoms with Gasteiger partial charge in [-0.15, -0.1) is 0 Å². The van der Waals surface area contributed by atoms with E-state index >= 15 is 0 Å². The summed E-state index contributed by atoms with van der Waals surface area (Å²) < 4.78 is 38.3. The molecule has 1 aromatic carbocycles. The maximum Gasteiger partial charge on any atom is 0.246 e. The number of benzene rings is 1. The number of hydrogen-bond donors (Lipinski definition) is 1. The number of nitrogens with one attached hydrogen (secondary N) is 1. The number of amides is 1. The standard InChI is InChI=1S/C20H30N2O5S/c1-26-17-10-11-18(27-2)19(13-17)28(24,25)22-12-6-7-15(14-22)20(23)21-16-8-4-3-5-9-16/h10-11,13,15-16H,3-9,12,14H2,1-2H3,(H,21,23). The molecule has 1 aliphatic heterocycles. The number of piperidine rings is 1. The molecule has 1 aromatic rings. The molecule has 0 aromatic heterocycles. The highest BCUT2D eigenvalue weighted by Crippen LogP contribution is 2.32. The van der Waals surface area contributed by atoms with Gasteiger partial charge < -0.3 is 14.8 Å². The molecule has 1 saturated heterocycles. The Balaban J connectivity index is 1.74. The van der Waals surface area contributed by atoms with Crippen molar-refractivity contribution in [1.29, 1.82) is 0 Å². The van der Waals surface area contributed by atoms with Gasteiger partial charge in [-0.05, 0) is 37.8 Å². The molecule has 28 heavy (non-hydrogen) atoms. The van der Waals surface area contributed by atoms with Crippen LogP contribution in [0.1, 0.15) is 44.9 Å². The van der Waals surface area contributed by atoms with Gasteiger partial charge in [-0.3, -0.25) is 4.79 Å². The fourth-order valence-electron chi connectivity index (χ4n) is 4.07. The molecule has 0 radical (unpaired) electrons. The van der Waals surface area contributed by atoms with Crippen LogP contribution in [0, 0.1) is 5.92 Å². The number of sulfonamides is 1. The first-order valence-electron chi connectivity index (χ1n) is 9.98. The summed E-state index contributed by atoms with van der Waals surface area (Å²) >= 11 is 0. The van der Waals surface area contributed by atoms with Gasteiger partial charge >= 0.3 is 0 Å². The van der Waals surface area contributed by atoms with E-state index in [4.69, 9.17) is 9.47 Å². The van der Waals surface area contributed by atoms with Crippen LogP contribution in [-0.2, 0) is 14.8 Å². The molecule has 0 bridgehead atoms. The zero-order valence-corrected chi connectivity index (χ0v) is 17.5. The second-order valence-corrected chi connectivity index (χ2v) is 9.47. The van der Waals surface area contributed by atoms with Crippen molar-refractivity contribution >= 4 is 15.9 Å². The van der Waals surface area contributed by atoms with Gasteiger partial charge in [0.1, 0.15) is 16.4 Å². The van der Waals surface area contributed by atoms with E-state index in [2.05, 4.69) is 5.32 Å². The minimum Gasteiger partial charge on any atom is -0.497 e. The molecule has 2 aliphatic rings. The third-order valence-corrected chi connectivity index (χ3v) is 7.58. The van der Waals surface area contributed by atoms with E-state index in [0.29, 0.717) is 25.1 Å². The summed E-state index contributed by atoms with van der Waals surface area (Å²) in [6, 6.07) is 4.95. The number of methoxy groups -OCH3 is 2. The van der Waals surface area contributed by atoms with Crippen molar-refractivity contribution in [1.82, 2.24) is 9.62 Å². The Hall–Kier alpha value is -1.80. The van der Waals surface area contributed by atoms with E-state index in [1.165, 1.54) is 31.0 Å². The third-order valence-electron chi connectivity index (χ3n) is 5.70. The van der Waals surface area contributed by atoms with E-state index in [-0.39, 0.29) is 35.1 Å². The molecule has 0 spiro atoms. The first-order chi connectivity index (χ1) is 13.5. The Kier molecular flexibility index (Phi) is 6.82. The molecule has 1 N–H and O–H groups in total. The van der Waals surface area contributed by atoms with Crippen molar-refractivity contribution < 1.29 is 22.7 Å². The average molecular weight is 411 g/mol. The number of rotatable bonds is 6. The second kappa shape index (κ2) is 9.13. The molecule has 1 saturated carbocycles. The van der Waals surface area contributed by atoms with Gasteiger partial charge in [0.2, 0.25) is 15.9 Å². The van der Waals surface area contributed by atoms with Crippen LogP contribution >= 0.6 is 0 Å². The molecule has 1 amide bonds. The summed E-state index contributed by atoms with van der Waals surface area (Å²) in [7, 11) is -0.856. The molecule has 1 aliphatic carbocycles. The molecule has 3 rings (SSSR count). The lowest BCUT2D eigenvalue weighted by molar-refractivity contribution is -0.127. The monoisotopic (exact) mass is 410 g/mol. The van der Waals surface area contributed by atoms with Crippen LogP contribution in [0.2, 0.25) is 0 Å². The summed E-state index contributed by atoms with van der Waals surface area (Å²) in [5.74, 6) is 0.379. The first kappa shape index (κ1) is 20.9. The minimum absolute atomic E-state index is 0.0237. The predicted octanol–water partition coefficient (Wildman–Crippen LogP) is 2.55. The Bertz CT molecular complexity index is 790. The number of carbonyl (C=O) groups excluding carboxylic acids is 1. The van der Waals surface area contributed by atoms with E-state index in [1.807, 2.05) is 0 Å². The largest absolute Gasteiger partial charge is 0.497 e. The van der Waals surface area contributed by atoms with E-state index < -0.39 is 10.0 Å². The van der Waals surface area contributed by atoms with Crippen molar-refractivity contribution in [2.75, 3.05) is 27.3 Å². The highest BCUT2D eigenvalue weighted by Gasteiger charge is 2.35. The maximum absolute atomic E-state index is 13.3. The SMILES string of the molecule is COc1ccc(OC)c(S(=O)(=O)N2CCCC(C(=O)NC3CCCCC3)C2)c1. The molecule has 1 heterocycles. The Morgan fingerprint density at radius 2 is 1.82 bits per heavy atom. The fraction of sp³-hybridized carbons (Fsp3) is 0.650. The van der Waals surface area contributed by atoms with Gasteiger partial charge in [-0.1, -0.05) is 19.3 Å². The lowest BCUT2D eigenvalue weighted by Gasteiger charge is -2.33. The predicted molar refractivity (Wildman–Crippen MR) is 106 cm³/mol. The van der Waals surface area contributed by atoms with Crippen LogP contribution in [0.3, 0.4) is 0 Å². The first-order valence-corrected chi connectivity index (χ1v) is 11.4. The Morgan fingerprint density at radius 3 is 2.50 bits per heavy atom. The van der Waals surface area contributed by atoms with Gasteiger partial charge in [0.15, 0.2) is 0 Å². The summed E-state index contributed by atoms with van der Waals surface area (Å²) in [6.07, 6.45) is 6.92. The topological polar surface area (TPSA) is 84.9 Å². The summed E-state index contributed by atoms with van der Waals surface area (Å²) in [5, 5.41) is 3.14. The van der Waals surface area contributed by atoms with Crippen LogP contribution in [0.15, 0.2) is 23.1 Å². The molecule has 1 atom stereocenters. The van der Waals surface area contributed by atoms with E-state index in [1.54, 1.807) is 12.1 Å². The van der Waals surface area contributed by atoms with Crippen LogP contribution < -0.4 is 14.8 Å². The van der Waals surface area contributed by atoms with Crippen LogP contribution in [0.4, 0.5) is 0 Å². The number of carbonyl (C=O) groups is 1. The van der Waals surface area contributed by atoms with Gasteiger partial charge in [0.05, 0.1) is 20.1 Å². The van der Waals surface area contributed by atoms with Crippen molar-refractivity contribution in [3.63, 3.8) is 0 Å². The van der Waals surface area contributed by atoms with Crippen LogP contribution in [0.25, 0.3) is 0 Å². The van der Waals surface area contributed by atoms with Crippen LogP contribution in [0.5, 0.6) is 11.5 Å². The zero-order chi connectivity index (χ0) is 20.1. The van der Waals surface area contributed by atoms with Gasteiger partial charge in [0, 0.05) is 25.2 Å². The van der Waals surface area contributed by atoms with Crippen molar-refractivity contribution in [2.24, 2.45) is 5.92 Å². The number of hydrogen-bond acceptors (Lipinski definition) is 5. The van der Waals surface area contributed by atoms with E-state index in [9.17, 15) is 13.2 Å². The number of nitrogens with zero attached hydrogens (tertiary/aromatic N) is 1. The van der Waals surface area contributed by atoms with Gasteiger partial charge in [-0.2, -0.15) is 4.31 Å².